The van der Waals surface area contributed by atoms with Crippen LogP contribution in [-0.4, -0.2) is 108 Å². The first-order chi connectivity index (χ1) is 21.3. The smallest absolute Gasteiger partial charge is 0.328 e. The van der Waals surface area contributed by atoms with Crippen molar-refractivity contribution in [1.82, 2.24) is 25.8 Å². The fourth-order valence-electron chi connectivity index (χ4n) is 5.88. The largest absolute Gasteiger partial charge is 0.467 e. The molecule has 2 saturated heterocycles. The molecule has 1 aromatic carbocycles. The Hall–Kier alpha value is -3.28. The van der Waals surface area contributed by atoms with E-state index in [0.717, 1.165) is 18.5 Å². The lowest BCUT2D eigenvalue weighted by molar-refractivity contribution is -0.146. The fourth-order valence-corrected chi connectivity index (χ4v) is 7.55. The molecule has 0 radical (unpaired) electrons. The van der Waals surface area contributed by atoms with Gasteiger partial charge in [-0.1, -0.05) is 44.2 Å². The zero-order valence-electron chi connectivity index (χ0n) is 26.7. The number of benzene rings is 1. The Balaban J connectivity index is 1.63. The van der Waals surface area contributed by atoms with Crippen LogP contribution in [0.15, 0.2) is 30.3 Å². The summed E-state index contributed by atoms with van der Waals surface area (Å²) in [5, 5.41) is 7.96. The molecule has 4 amide bonds. The predicted octanol–water partition coefficient (Wildman–Crippen LogP) is 1.24. The Morgan fingerprint density at radius 2 is 1.67 bits per heavy atom. The van der Waals surface area contributed by atoms with Crippen LogP contribution in [0.5, 0.6) is 0 Å². The third-order valence-corrected chi connectivity index (χ3v) is 10.5. The van der Waals surface area contributed by atoms with Crippen molar-refractivity contribution in [2.45, 2.75) is 82.7 Å². The van der Waals surface area contributed by atoms with Crippen molar-refractivity contribution in [3.63, 3.8) is 0 Å². The summed E-state index contributed by atoms with van der Waals surface area (Å²) in [6, 6.07) is 6.95. The maximum atomic E-state index is 13.7. The van der Waals surface area contributed by atoms with Crippen LogP contribution in [-0.2, 0) is 39.7 Å². The van der Waals surface area contributed by atoms with Crippen LogP contribution in [0.3, 0.4) is 0 Å². The van der Waals surface area contributed by atoms with Gasteiger partial charge in [0.1, 0.15) is 17.9 Å². The first-order valence-corrected chi connectivity index (χ1v) is 17.5. The molecule has 5 unspecified atom stereocenters. The molecule has 0 spiro atoms. The van der Waals surface area contributed by atoms with E-state index in [1.54, 1.807) is 24.3 Å². The number of hydrogen-bond acceptors (Lipinski definition) is 8. The van der Waals surface area contributed by atoms with Crippen LogP contribution in [0.25, 0.3) is 0 Å². The number of likely N-dealkylation sites (N-methyl/N-ethyl adjacent to an activating group) is 1. The molecule has 13 nitrogen and oxygen atoms in total. The number of amides is 4. The van der Waals surface area contributed by atoms with Crippen molar-refractivity contribution in [1.29, 1.82) is 0 Å². The van der Waals surface area contributed by atoms with Gasteiger partial charge in [0, 0.05) is 25.5 Å². The van der Waals surface area contributed by atoms with Gasteiger partial charge < -0.3 is 30.5 Å². The van der Waals surface area contributed by atoms with Crippen LogP contribution < -0.4 is 16.0 Å². The monoisotopic (exact) mass is 649 g/mol. The maximum Gasteiger partial charge on any atom is 0.328 e. The molecule has 250 valence electrons. The zero-order valence-corrected chi connectivity index (χ0v) is 27.6. The van der Waals surface area contributed by atoms with Gasteiger partial charge in [0.15, 0.2) is 0 Å². The molecule has 5 atom stereocenters. The number of ether oxygens (including phenoxy) is 1. The summed E-state index contributed by atoms with van der Waals surface area (Å²) in [5.41, 5.74) is 0.720. The second kappa shape index (κ2) is 16.9. The number of nitrogens with zero attached hydrogens (tertiary/aromatic N) is 2. The Bertz CT molecular complexity index is 1250. The highest BCUT2D eigenvalue weighted by atomic mass is 31.2. The number of methoxy groups -OCH3 is 1. The standard InChI is InChI=1S/C31H48N5O8P/c1-21(2)18-23(31(41)44-4)33-30(40)25-13-9-16-36(25)28(38)14-17-45(42,43)27(19-22-10-6-5-7-11-22)34-26(37)20-32-29(39)24-12-8-15-35(24)3/h5-7,10-11,21,23-25,27H,8-9,12-20H2,1-4H3,(H,32,39)(H,33,40)(H,34,37)(H,42,43). The Morgan fingerprint density at radius 1 is 1.00 bits per heavy atom. The second-order valence-electron chi connectivity index (χ2n) is 12.3. The topological polar surface area (TPSA) is 174 Å². The highest BCUT2D eigenvalue weighted by Gasteiger charge is 2.38. The molecule has 0 saturated carbocycles. The SMILES string of the molecule is COC(=O)C(CC(C)C)NC(=O)C1CCCN1C(=O)CCP(=O)(O)C(Cc1ccccc1)NC(=O)CNC(=O)C1CCCN1C. The molecule has 2 aliphatic rings. The van der Waals surface area contributed by atoms with Gasteiger partial charge in [-0.2, -0.15) is 0 Å². The van der Waals surface area contributed by atoms with Gasteiger partial charge in [-0.3, -0.25) is 28.6 Å². The number of esters is 1. The second-order valence-corrected chi connectivity index (χ2v) is 14.9. The lowest BCUT2D eigenvalue weighted by Crippen LogP contribution is -2.51. The van der Waals surface area contributed by atoms with E-state index in [2.05, 4.69) is 16.0 Å². The van der Waals surface area contributed by atoms with E-state index in [4.69, 9.17) is 4.74 Å². The molecule has 1 aromatic rings. The summed E-state index contributed by atoms with van der Waals surface area (Å²) in [7, 11) is -1.06. The van der Waals surface area contributed by atoms with Gasteiger partial charge in [0.2, 0.25) is 31.0 Å². The van der Waals surface area contributed by atoms with Gasteiger partial charge >= 0.3 is 5.97 Å². The molecule has 14 heteroatoms. The molecule has 45 heavy (non-hydrogen) atoms. The summed E-state index contributed by atoms with van der Waals surface area (Å²) in [6.45, 7) is 4.59. The lowest BCUT2D eigenvalue weighted by Gasteiger charge is -2.28. The third kappa shape index (κ3) is 10.6. The normalized spacial score (nSPS) is 21.1. The molecule has 0 aliphatic carbocycles. The third-order valence-electron chi connectivity index (χ3n) is 8.36. The quantitative estimate of drug-likeness (QED) is 0.161. The predicted molar refractivity (Wildman–Crippen MR) is 168 cm³/mol. The van der Waals surface area contributed by atoms with Crippen LogP contribution in [0, 0.1) is 5.92 Å². The number of hydrogen-bond donors (Lipinski definition) is 4. The molecule has 2 fully saturated rings. The van der Waals surface area contributed by atoms with Crippen molar-refractivity contribution in [3.05, 3.63) is 35.9 Å². The number of rotatable bonds is 15. The minimum Gasteiger partial charge on any atom is -0.467 e. The van der Waals surface area contributed by atoms with E-state index in [1.807, 2.05) is 31.9 Å². The molecule has 2 aliphatic heterocycles. The summed E-state index contributed by atoms with van der Waals surface area (Å²) in [4.78, 5) is 78.5. The molecule has 0 bridgehead atoms. The van der Waals surface area contributed by atoms with E-state index in [-0.39, 0.29) is 37.3 Å². The average Bonchev–Trinajstić information content (AvgIpc) is 3.67. The first-order valence-electron chi connectivity index (χ1n) is 15.6. The maximum absolute atomic E-state index is 13.7. The van der Waals surface area contributed by atoms with E-state index < -0.39 is 55.1 Å². The summed E-state index contributed by atoms with van der Waals surface area (Å²) < 4.78 is 18.5. The summed E-state index contributed by atoms with van der Waals surface area (Å²) in [5.74, 6) is -3.45. The minimum absolute atomic E-state index is 0.0490. The van der Waals surface area contributed by atoms with Gasteiger partial charge in [-0.25, -0.2) is 4.79 Å². The number of carbonyl (C=O) groups is 5. The molecular formula is C31H48N5O8P. The Labute approximate surface area is 265 Å². The van der Waals surface area contributed by atoms with Gasteiger partial charge in [-0.15, -0.1) is 0 Å². The number of nitrogens with one attached hydrogen (secondary N) is 3. The van der Waals surface area contributed by atoms with E-state index in [9.17, 15) is 33.4 Å². The van der Waals surface area contributed by atoms with Crippen LogP contribution in [0.4, 0.5) is 0 Å². The zero-order chi connectivity index (χ0) is 33.1. The number of likely N-dealkylation sites (tertiary alicyclic amines) is 2. The van der Waals surface area contributed by atoms with E-state index in [1.165, 1.54) is 12.0 Å². The van der Waals surface area contributed by atoms with Crippen LogP contribution >= 0.6 is 7.37 Å². The molecule has 4 N–H and O–H groups in total. The first kappa shape index (κ1) is 36.2. The van der Waals surface area contributed by atoms with Crippen molar-refractivity contribution in [3.8, 4) is 0 Å². The Kier molecular flexibility index (Phi) is 13.6. The van der Waals surface area contributed by atoms with Gasteiger partial charge in [0.05, 0.1) is 19.7 Å². The average molecular weight is 650 g/mol. The van der Waals surface area contributed by atoms with Gasteiger partial charge in [-0.05, 0) is 57.2 Å². The van der Waals surface area contributed by atoms with Crippen molar-refractivity contribution >= 4 is 37.0 Å². The molecule has 0 aromatic heterocycles. The molecule has 2 heterocycles. The van der Waals surface area contributed by atoms with Crippen molar-refractivity contribution in [2.75, 3.05) is 40.0 Å². The highest BCUT2D eigenvalue weighted by molar-refractivity contribution is 7.58. The van der Waals surface area contributed by atoms with Crippen molar-refractivity contribution in [2.24, 2.45) is 5.92 Å². The van der Waals surface area contributed by atoms with Crippen LogP contribution in [0.1, 0.15) is 57.9 Å². The Morgan fingerprint density at radius 3 is 2.29 bits per heavy atom. The van der Waals surface area contributed by atoms with Crippen molar-refractivity contribution < 1.29 is 38.2 Å². The summed E-state index contributed by atoms with van der Waals surface area (Å²) >= 11 is 0. The fraction of sp³-hybridized carbons (Fsp3) is 0.645. The van der Waals surface area contributed by atoms with Gasteiger partial charge in [0.25, 0.3) is 0 Å². The van der Waals surface area contributed by atoms with Crippen LogP contribution in [0.2, 0.25) is 0 Å². The lowest BCUT2D eigenvalue weighted by atomic mass is 10.0. The number of carbonyl (C=O) groups excluding carboxylic acids is 5. The minimum atomic E-state index is -4.16. The summed E-state index contributed by atoms with van der Waals surface area (Å²) in [6.07, 6.45) is 2.27. The highest BCUT2D eigenvalue weighted by Crippen LogP contribution is 2.47. The molecule has 3 rings (SSSR count). The van der Waals surface area contributed by atoms with E-state index >= 15 is 0 Å². The molecular weight excluding hydrogens is 601 g/mol. The van der Waals surface area contributed by atoms with E-state index in [0.29, 0.717) is 32.2 Å².